The van der Waals surface area contributed by atoms with Crippen molar-refractivity contribution in [1.82, 2.24) is 34.9 Å². The number of oxime groups is 1. The maximum atomic E-state index is 8.68. The minimum atomic E-state index is -0.0816. The number of amidine groups is 1. The molecule has 0 saturated carbocycles. The van der Waals surface area contributed by atoms with Gasteiger partial charge in [0.15, 0.2) is 28.8 Å². The van der Waals surface area contributed by atoms with Crippen LogP contribution >= 0.6 is 0 Å². The van der Waals surface area contributed by atoms with E-state index in [1.165, 1.54) is 29.1 Å². The Morgan fingerprint density at radius 2 is 1.02 bits per heavy atom. The van der Waals surface area contributed by atoms with Crippen molar-refractivity contribution in [2.45, 2.75) is 33.6 Å². The Hall–Kier alpha value is -7.99. The minimum Gasteiger partial charge on any atom is -0.440 e. The van der Waals surface area contributed by atoms with E-state index in [1.807, 2.05) is 99.6 Å². The molecule has 0 bridgehead atoms. The number of nitrogens with zero attached hydrogens (tertiary/aromatic N) is 9. The van der Waals surface area contributed by atoms with Crippen LogP contribution in [0.3, 0.4) is 0 Å². The van der Waals surface area contributed by atoms with Crippen LogP contribution in [0, 0.1) is 32.1 Å². The van der Waals surface area contributed by atoms with Crippen molar-refractivity contribution in [3.63, 3.8) is 0 Å². The van der Waals surface area contributed by atoms with Gasteiger partial charge in [-0.05, 0) is 20.8 Å². The molecule has 5 N–H and O–H groups in total. The Bertz CT molecular complexity index is 2570. The Morgan fingerprint density at radius 3 is 1.39 bits per heavy atom. The van der Waals surface area contributed by atoms with Gasteiger partial charge in [0.2, 0.25) is 11.8 Å². The lowest BCUT2D eigenvalue weighted by Crippen LogP contribution is -2.15. The summed E-state index contributed by atoms with van der Waals surface area (Å²) in [4.78, 5) is 28.7. The molecule has 0 amide bonds. The van der Waals surface area contributed by atoms with Crippen molar-refractivity contribution in [3.05, 3.63) is 167 Å². The quantitative estimate of drug-likeness (QED) is 0.0598. The first kappa shape index (κ1) is 38.7. The van der Waals surface area contributed by atoms with E-state index in [1.54, 1.807) is 31.0 Å². The van der Waals surface area contributed by atoms with Crippen LogP contribution in [0.4, 0.5) is 6.01 Å². The standard InChI is InChI=1S/C16H15N5O2.C16H12N4O.C10H10N2O/c1-10-2-4-11(5-3-10)14-9-20-15(23-14)6-12-7-19-13(8-18-12)16(17)21-22;1-11-2-4-12(5-3-11)15-10-20-16(21-15)6-13-8-19-14(7-17)9-18-13;1-7-2-4-8(5-3-7)9-6-12-10(11)13-9/h2-5,7-9,22H,6H2,1H3,(H2,17,21);2-5,8-10H,6H2,1H3;2-6H,1H3,(H2,11,12). The lowest BCUT2D eigenvalue weighted by molar-refractivity contribution is 0.318. The predicted octanol–water partition coefficient (Wildman–Crippen LogP) is 7.26. The number of nitrogens with two attached hydrogens (primary N) is 2. The van der Waals surface area contributed by atoms with Crippen LogP contribution in [-0.4, -0.2) is 45.9 Å². The van der Waals surface area contributed by atoms with E-state index in [-0.39, 0.29) is 11.9 Å². The fourth-order valence-electron chi connectivity index (χ4n) is 5.07. The fraction of sp³-hybridized carbons (Fsp3) is 0.119. The van der Waals surface area contributed by atoms with Crippen molar-refractivity contribution in [3.8, 4) is 40.0 Å². The minimum absolute atomic E-state index is 0.0816. The zero-order valence-electron chi connectivity index (χ0n) is 31.2. The molecule has 15 heteroatoms. The molecule has 0 radical (unpaired) electrons. The summed E-state index contributed by atoms with van der Waals surface area (Å²) in [5, 5.41) is 20.2. The SMILES string of the molecule is Cc1ccc(-c2cnc(Cc3cnc(/C(N)=N/O)cn3)o2)cc1.Cc1ccc(-c2cnc(Cc3cnc(C#N)cn3)o2)cc1.Cc1ccc(-c2cnc(N)o2)cc1. The summed E-state index contributed by atoms with van der Waals surface area (Å²) in [5.41, 5.74) is 19.4. The van der Waals surface area contributed by atoms with Crippen molar-refractivity contribution < 1.29 is 18.5 Å². The number of hydrogen-bond donors (Lipinski definition) is 3. The van der Waals surface area contributed by atoms with E-state index < -0.39 is 0 Å². The molecule has 0 fully saturated rings. The molecule has 0 unspecified atom stereocenters. The molecule has 0 saturated heterocycles. The van der Waals surface area contributed by atoms with Crippen molar-refractivity contribution in [2.75, 3.05) is 5.73 Å². The van der Waals surface area contributed by atoms with Gasteiger partial charge < -0.3 is 29.9 Å². The van der Waals surface area contributed by atoms with Gasteiger partial charge in [0.25, 0.3) is 6.01 Å². The average molecular weight is 760 g/mol. The normalized spacial score (nSPS) is 10.8. The predicted molar refractivity (Wildman–Crippen MR) is 211 cm³/mol. The third-order valence-electron chi connectivity index (χ3n) is 8.20. The average Bonchev–Trinajstić information content (AvgIpc) is 4.02. The third-order valence-corrected chi connectivity index (χ3v) is 8.20. The first-order valence-corrected chi connectivity index (χ1v) is 17.5. The van der Waals surface area contributed by atoms with E-state index >= 15 is 0 Å². The number of aryl methyl sites for hydroxylation is 3. The number of rotatable bonds is 8. The molecule has 8 rings (SSSR count). The van der Waals surface area contributed by atoms with Gasteiger partial charge in [-0.3, -0.25) is 9.97 Å². The second-order valence-corrected chi connectivity index (χ2v) is 12.6. The molecule has 0 spiro atoms. The van der Waals surface area contributed by atoms with Gasteiger partial charge in [-0.1, -0.05) is 94.6 Å². The van der Waals surface area contributed by atoms with Crippen LogP contribution < -0.4 is 11.5 Å². The second kappa shape index (κ2) is 18.4. The van der Waals surface area contributed by atoms with Crippen LogP contribution in [0.5, 0.6) is 0 Å². The zero-order valence-corrected chi connectivity index (χ0v) is 31.2. The molecular weight excluding hydrogens is 723 g/mol. The van der Waals surface area contributed by atoms with Gasteiger partial charge in [0, 0.05) is 22.9 Å². The first-order valence-electron chi connectivity index (χ1n) is 17.5. The molecule has 57 heavy (non-hydrogen) atoms. The van der Waals surface area contributed by atoms with Crippen molar-refractivity contribution in [2.24, 2.45) is 10.9 Å². The van der Waals surface area contributed by atoms with E-state index in [0.29, 0.717) is 58.9 Å². The highest BCUT2D eigenvalue weighted by atomic mass is 16.4. The Kier molecular flexibility index (Phi) is 12.5. The van der Waals surface area contributed by atoms with Gasteiger partial charge in [0.1, 0.15) is 11.8 Å². The van der Waals surface area contributed by atoms with Crippen LogP contribution in [0.15, 0.2) is 135 Å². The lowest BCUT2D eigenvalue weighted by Gasteiger charge is -2.00. The Balaban J connectivity index is 0.000000150. The van der Waals surface area contributed by atoms with Gasteiger partial charge >= 0.3 is 0 Å². The summed E-state index contributed by atoms with van der Waals surface area (Å²) in [7, 11) is 0. The number of nitriles is 1. The van der Waals surface area contributed by atoms with Crippen LogP contribution in [-0.2, 0) is 12.8 Å². The molecule has 15 nitrogen and oxygen atoms in total. The van der Waals surface area contributed by atoms with Crippen LogP contribution in [0.1, 0.15) is 51.2 Å². The third kappa shape index (κ3) is 10.8. The van der Waals surface area contributed by atoms with E-state index in [0.717, 1.165) is 22.5 Å². The van der Waals surface area contributed by atoms with Gasteiger partial charge in [-0.2, -0.15) is 5.26 Å². The number of oxazole rings is 3. The second-order valence-electron chi connectivity index (χ2n) is 12.6. The molecule has 0 aliphatic carbocycles. The summed E-state index contributed by atoms with van der Waals surface area (Å²) >= 11 is 0. The summed E-state index contributed by atoms with van der Waals surface area (Å²) in [6.45, 7) is 6.11. The Morgan fingerprint density at radius 1 is 0.579 bits per heavy atom. The highest BCUT2D eigenvalue weighted by molar-refractivity contribution is 5.94. The van der Waals surface area contributed by atoms with E-state index in [9.17, 15) is 0 Å². The molecule has 5 aromatic heterocycles. The topological polar surface area (TPSA) is 238 Å². The Labute approximate surface area is 327 Å². The fourth-order valence-corrected chi connectivity index (χ4v) is 5.07. The largest absolute Gasteiger partial charge is 0.440 e. The summed E-state index contributed by atoms with van der Waals surface area (Å²) in [6.07, 6.45) is 11.9. The van der Waals surface area contributed by atoms with Crippen LogP contribution in [0.2, 0.25) is 0 Å². The highest BCUT2D eigenvalue weighted by Crippen LogP contribution is 2.24. The molecular formula is C42H37N11O4. The molecule has 3 aromatic carbocycles. The van der Waals surface area contributed by atoms with E-state index in [4.69, 9.17) is 35.2 Å². The number of aromatic nitrogens is 7. The van der Waals surface area contributed by atoms with Gasteiger partial charge in [-0.15, -0.1) is 0 Å². The lowest BCUT2D eigenvalue weighted by atomic mass is 10.1. The molecule has 284 valence electrons. The zero-order chi connectivity index (χ0) is 40.1. The molecule has 0 atom stereocenters. The first-order chi connectivity index (χ1) is 27.6. The molecule has 0 aliphatic rings. The van der Waals surface area contributed by atoms with Gasteiger partial charge in [0.05, 0.1) is 61.4 Å². The number of anilines is 1. The summed E-state index contributed by atoms with van der Waals surface area (Å²) in [6, 6.07) is 26.2. The maximum absolute atomic E-state index is 8.68. The van der Waals surface area contributed by atoms with Crippen molar-refractivity contribution >= 4 is 11.9 Å². The molecule has 8 aromatic rings. The summed E-state index contributed by atoms with van der Waals surface area (Å²) < 4.78 is 16.6. The maximum Gasteiger partial charge on any atom is 0.292 e. The number of nitrogen functional groups attached to an aromatic ring is 1. The van der Waals surface area contributed by atoms with Gasteiger partial charge in [-0.25, -0.2) is 24.9 Å². The number of benzene rings is 3. The summed E-state index contributed by atoms with van der Waals surface area (Å²) in [5.74, 6) is 3.18. The smallest absolute Gasteiger partial charge is 0.292 e. The van der Waals surface area contributed by atoms with E-state index in [2.05, 4.69) is 40.0 Å². The molecule has 0 aliphatic heterocycles. The van der Waals surface area contributed by atoms with Crippen molar-refractivity contribution in [1.29, 1.82) is 5.26 Å². The number of hydrogen-bond acceptors (Lipinski definition) is 14. The van der Waals surface area contributed by atoms with Crippen LogP contribution in [0.25, 0.3) is 34.0 Å². The highest BCUT2D eigenvalue weighted by Gasteiger charge is 2.11. The monoisotopic (exact) mass is 759 g/mol. The molecule has 5 heterocycles.